The molecule has 0 fully saturated rings. The SMILES string of the molecule is CCc1cc(C#N)ccc1NC.CN(C)CCCC=O. The molecule has 110 valence electrons. The first-order chi connectivity index (χ1) is 9.58. The second-order valence-corrected chi connectivity index (χ2v) is 4.70. The molecule has 0 heterocycles. The van der Waals surface area contributed by atoms with E-state index in [4.69, 9.17) is 5.26 Å². The first-order valence-corrected chi connectivity index (χ1v) is 6.88. The molecule has 0 unspecified atom stereocenters. The van der Waals surface area contributed by atoms with Gasteiger partial charge in [0.25, 0.3) is 0 Å². The maximum absolute atomic E-state index is 9.77. The van der Waals surface area contributed by atoms with E-state index in [1.165, 1.54) is 5.56 Å². The Labute approximate surface area is 122 Å². The zero-order chi connectivity index (χ0) is 15.4. The first kappa shape index (κ1) is 18.1. The van der Waals surface area contributed by atoms with Gasteiger partial charge in [0.2, 0.25) is 0 Å². The Kier molecular flexibility index (Phi) is 9.98. The molecule has 0 aliphatic carbocycles. The quantitative estimate of drug-likeness (QED) is 0.640. The fourth-order valence-electron chi connectivity index (χ4n) is 1.69. The predicted molar refractivity (Wildman–Crippen MR) is 83.9 cm³/mol. The van der Waals surface area contributed by atoms with Crippen LogP contribution in [0.25, 0.3) is 0 Å². The van der Waals surface area contributed by atoms with Crippen LogP contribution in [0.2, 0.25) is 0 Å². The minimum atomic E-state index is 0.693. The number of hydrogen-bond donors (Lipinski definition) is 1. The van der Waals surface area contributed by atoms with Crippen molar-refractivity contribution in [2.24, 2.45) is 0 Å². The number of carbonyl (C=O) groups is 1. The topological polar surface area (TPSA) is 56.1 Å². The van der Waals surface area contributed by atoms with Crippen molar-refractivity contribution in [2.75, 3.05) is 33.0 Å². The average molecular weight is 275 g/mol. The first-order valence-electron chi connectivity index (χ1n) is 6.88. The third-order valence-electron chi connectivity index (χ3n) is 2.81. The number of hydrogen-bond acceptors (Lipinski definition) is 4. The number of unbranched alkanes of at least 4 members (excludes halogenated alkanes) is 1. The van der Waals surface area contributed by atoms with E-state index in [2.05, 4.69) is 23.2 Å². The summed E-state index contributed by atoms with van der Waals surface area (Å²) in [4.78, 5) is 11.8. The Morgan fingerprint density at radius 3 is 2.55 bits per heavy atom. The molecule has 0 saturated carbocycles. The predicted octanol–water partition coefficient (Wildman–Crippen LogP) is 2.69. The minimum Gasteiger partial charge on any atom is -0.388 e. The van der Waals surface area contributed by atoms with Crippen LogP contribution in [0.1, 0.15) is 30.9 Å². The Hall–Kier alpha value is -1.86. The van der Waals surface area contributed by atoms with Crippen molar-refractivity contribution >= 4 is 12.0 Å². The lowest BCUT2D eigenvalue weighted by Gasteiger charge is -2.06. The molecule has 4 heteroatoms. The van der Waals surface area contributed by atoms with Crippen LogP contribution in [0.4, 0.5) is 5.69 Å². The van der Waals surface area contributed by atoms with Gasteiger partial charge < -0.3 is 15.0 Å². The number of carbonyl (C=O) groups excluding carboxylic acids is 1. The fraction of sp³-hybridized carbons (Fsp3) is 0.500. The Morgan fingerprint density at radius 1 is 1.40 bits per heavy atom. The summed E-state index contributed by atoms with van der Waals surface area (Å²) in [6.07, 6.45) is 3.59. The van der Waals surface area contributed by atoms with Gasteiger partial charge in [0, 0.05) is 19.2 Å². The van der Waals surface area contributed by atoms with E-state index in [0.717, 1.165) is 36.9 Å². The molecule has 0 aliphatic heterocycles. The molecule has 1 N–H and O–H groups in total. The third-order valence-corrected chi connectivity index (χ3v) is 2.81. The summed E-state index contributed by atoms with van der Waals surface area (Å²) in [7, 11) is 5.90. The van der Waals surface area contributed by atoms with Crippen LogP contribution in [-0.2, 0) is 11.2 Å². The molecule has 0 spiro atoms. The summed E-state index contributed by atoms with van der Waals surface area (Å²) >= 11 is 0. The summed E-state index contributed by atoms with van der Waals surface area (Å²) in [6.45, 7) is 3.09. The van der Waals surface area contributed by atoms with Gasteiger partial charge in [-0.3, -0.25) is 0 Å². The van der Waals surface area contributed by atoms with E-state index in [1.54, 1.807) is 0 Å². The zero-order valence-electron chi connectivity index (χ0n) is 12.9. The van der Waals surface area contributed by atoms with E-state index in [-0.39, 0.29) is 0 Å². The van der Waals surface area contributed by atoms with Crippen molar-refractivity contribution in [3.8, 4) is 6.07 Å². The van der Waals surface area contributed by atoms with Crippen LogP contribution >= 0.6 is 0 Å². The standard InChI is InChI=1S/C10H12N2.C6H13NO/c1-3-9-6-8(7-11)4-5-10(9)12-2;1-7(2)5-3-4-6-8/h4-6,12H,3H2,1-2H3;6H,3-5H2,1-2H3. The minimum absolute atomic E-state index is 0.693. The summed E-state index contributed by atoms with van der Waals surface area (Å²) in [6, 6.07) is 7.81. The average Bonchev–Trinajstić information content (AvgIpc) is 2.47. The highest BCUT2D eigenvalue weighted by Crippen LogP contribution is 2.16. The van der Waals surface area contributed by atoms with Crippen molar-refractivity contribution < 1.29 is 4.79 Å². The Morgan fingerprint density at radius 2 is 2.10 bits per heavy atom. The second kappa shape index (κ2) is 11.0. The summed E-state index contributed by atoms with van der Waals surface area (Å²) in [5.74, 6) is 0. The van der Waals surface area contributed by atoms with E-state index in [1.807, 2.05) is 39.3 Å². The van der Waals surface area contributed by atoms with Gasteiger partial charge in [-0.2, -0.15) is 5.26 Å². The molecule has 1 aromatic carbocycles. The highest BCUT2D eigenvalue weighted by atomic mass is 16.1. The molecule has 0 aromatic heterocycles. The summed E-state index contributed by atoms with van der Waals surface area (Å²) in [5, 5.41) is 11.7. The Balaban J connectivity index is 0.000000396. The molecular weight excluding hydrogens is 250 g/mol. The molecule has 0 saturated heterocycles. The lowest BCUT2D eigenvalue weighted by Crippen LogP contribution is -2.12. The van der Waals surface area contributed by atoms with Gasteiger partial charge in [0.05, 0.1) is 11.6 Å². The van der Waals surface area contributed by atoms with Crippen molar-refractivity contribution in [3.05, 3.63) is 29.3 Å². The third kappa shape index (κ3) is 7.55. The van der Waals surface area contributed by atoms with Gasteiger partial charge in [0.15, 0.2) is 0 Å². The number of nitriles is 1. The highest BCUT2D eigenvalue weighted by Gasteiger charge is 1.99. The zero-order valence-corrected chi connectivity index (χ0v) is 12.9. The van der Waals surface area contributed by atoms with Crippen LogP contribution in [-0.4, -0.2) is 38.9 Å². The monoisotopic (exact) mass is 275 g/mol. The molecule has 0 amide bonds. The van der Waals surface area contributed by atoms with Crippen LogP contribution in [0.5, 0.6) is 0 Å². The van der Waals surface area contributed by atoms with Crippen molar-refractivity contribution in [3.63, 3.8) is 0 Å². The largest absolute Gasteiger partial charge is 0.388 e. The van der Waals surface area contributed by atoms with Crippen LogP contribution in [0.3, 0.4) is 0 Å². The maximum Gasteiger partial charge on any atom is 0.120 e. The summed E-state index contributed by atoms with van der Waals surface area (Å²) in [5.41, 5.74) is 3.03. The van der Waals surface area contributed by atoms with E-state index >= 15 is 0 Å². The van der Waals surface area contributed by atoms with Crippen molar-refractivity contribution in [1.82, 2.24) is 4.90 Å². The summed E-state index contributed by atoms with van der Waals surface area (Å²) < 4.78 is 0. The molecule has 1 rings (SSSR count). The van der Waals surface area contributed by atoms with Gasteiger partial charge in [-0.05, 0) is 57.2 Å². The highest BCUT2D eigenvalue weighted by molar-refractivity contribution is 5.54. The lowest BCUT2D eigenvalue weighted by molar-refractivity contribution is -0.107. The van der Waals surface area contributed by atoms with Gasteiger partial charge >= 0.3 is 0 Å². The number of rotatable bonds is 6. The molecule has 4 nitrogen and oxygen atoms in total. The number of aldehydes is 1. The Bertz CT molecular complexity index is 436. The fourth-order valence-corrected chi connectivity index (χ4v) is 1.69. The van der Waals surface area contributed by atoms with E-state index < -0.39 is 0 Å². The number of anilines is 1. The van der Waals surface area contributed by atoms with E-state index in [9.17, 15) is 4.79 Å². The molecule has 1 aromatic rings. The second-order valence-electron chi connectivity index (χ2n) is 4.70. The van der Waals surface area contributed by atoms with Crippen LogP contribution in [0.15, 0.2) is 18.2 Å². The number of nitrogens with zero attached hydrogens (tertiary/aromatic N) is 2. The number of benzene rings is 1. The van der Waals surface area contributed by atoms with Gasteiger partial charge in [0.1, 0.15) is 6.29 Å². The van der Waals surface area contributed by atoms with Gasteiger partial charge in [-0.1, -0.05) is 6.92 Å². The lowest BCUT2D eigenvalue weighted by atomic mass is 10.1. The molecule has 0 radical (unpaired) electrons. The van der Waals surface area contributed by atoms with Crippen LogP contribution < -0.4 is 5.32 Å². The maximum atomic E-state index is 9.77. The van der Waals surface area contributed by atoms with Crippen molar-refractivity contribution in [2.45, 2.75) is 26.2 Å². The molecule has 0 bridgehead atoms. The van der Waals surface area contributed by atoms with Gasteiger partial charge in [-0.25, -0.2) is 0 Å². The number of aryl methyl sites for hydroxylation is 1. The molecular formula is C16H25N3O. The normalized spacial score (nSPS) is 9.40. The molecule has 20 heavy (non-hydrogen) atoms. The van der Waals surface area contributed by atoms with E-state index in [0.29, 0.717) is 6.42 Å². The van der Waals surface area contributed by atoms with Gasteiger partial charge in [-0.15, -0.1) is 0 Å². The smallest absolute Gasteiger partial charge is 0.120 e. The number of nitrogens with one attached hydrogen (secondary N) is 1. The molecule has 0 atom stereocenters. The molecule has 0 aliphatic rings. The van der Waals surface area contributed by atoms with Crippen molar-refractivity contribution in [1.29, 1.82) is 5.26 Å². The van der Waals surface area contributed by atoms with Crippen LogP contribution in [0, 0.1) is 11.3 Å².